The predicted octanol–water partition coefficient (Wildman–Crippen LogP) is 2.81. The third kappa shape index (κ3) is 3.37. The number of rotatable bonds is 5. The predicted molar refractivity (Wildman–Crippen MR) is 99.9 cm³/mol. The van der Waals surface area contributed by atoms with Gasteiger partial charge < -0.3 is 9.42 Å². The zero-order valence-corrected chi connectivity index (χ0v) is 15.8. The summed E-state index contributed by atoms with van der Waals surface area (Å²) >= 11 is 0. The molecule has 3 heterocycles. The van der Waals surface area contributed by atoms with Crippen molar-refractivity contribution in [1.29, 1.82) is 0 Å². The van der Waals surface area contributed by atoms with E-state index in [-0.39, 0.29) is 17.9 Å². The normalized spacial score (nSPS) is 15.6. The van der Waals surface area contributed by atoms with E-state index in [1.807, 2.05) is 66.9 Å². The summed E-state index contributed by atoms with van der Waals surface area (Å²) in [5, 5.41) is 12.5. The Bertz CT molecular complexity index is 921. The molecule has 7 heteroatoms. The number of nitrogens with zero attached hydrogens (tertiary/aromatic N) is 5. The zero-order chi connectivity index (χ0) is 19.0. The fourth-order valence-electron chi connectivity index (χ4n) is 3.50. The van der Waals surface area contributed by atoms with Crippen LogP contribution in [0.4, 0.5) is 0 Å². The van der Waals surface area contributed by atoms with Gasteiger partial charge >= 0.3 is 0 Å². The average molecular weight is 365 g/mol. The van der Waals surface area contributed by atoms with Crippen molar-refractivity contribution in [3.8, 4) is 11.3 Å². The van der Waals surface area contributed by atoms with Gasteiger partial charge in [0.05, 0.1) is 17.9 Å². The van der Waals surface area contributed by atoms with Crippen molar-refractivity contribution in [2.75, 3.05) is 13.1 Å². The first-order valence-electron chi connectivity index (χ1n) is 9.20. The second kappa shape index (κ2) is 6.98. The van der Waals surface area contributed by atoms with Crippen LogP contribution in [-0.2, 0) is 11.2 Å². The van der Waals surface area contributed by atoms with Crippen LogP contribution >= 0.6 is 0 Å². The molecule has 3 aromatic rings. The maximum absolute atomic E-state index is 12.7. The first kappa shape index (κ1) is 17.5. The number of carbonyl (C=O) groups excluding carboxylic acids is 1. The van der Waals surface area contributed by atoms with Gasteiger partial charge in [0.25, 0.3) is 0 Å². The molecule has 0 aliphatic carbocycles. The van der Waals surface area contributed by atoms with Crippen molar-refractivity contribution in [3.63, 3.8) is 0 Å². The van der Waals surface area contributed by atoms with Crippen LogP contribution in [0.5, 0.6) is 0 Å². The summed E-state index contributed by atoms with van der Waals surface area (Å²) in [6, 6.07) is 10.2. The fourth-order valence-corrected chi connectivity index (χ4v) is 3.50. The van der Waals surface area contributed by atoms with Crippen LogP contribution in [0.3, 0.4) is 0 Å². The van der Waals surface area contributed by atoms with Gasteiger partial charge in [-0.15, -0.1) is 5.10 Å². The number of aromatic nitrogens is 4. The summed E-state index contributed by atoms with van der Waals surface area (Å²) in [5.41, 5.74) is 3.80. The fraction of sp³-hybridized carbons (Fsp3) is 0.400. The van der Waals surface area contributed by atoms with E-state index in [9.17, 15) is 4.79 Å². The third-order valence-corrected chi connectivity index (χ3v) is 5.24. The molecule has 1 fully saturated rings. The SMILES string of the molecule is Cc1noc(C)c1C[C@H](C)C(=O)N1CC(n2cc(-c3ccccc3)nn2)C1. The van der Waals surface area contributed by atoms with Gasteiger partial charge in [0.15, 0.2) is 0 Å². The highest BCUT2D eigenvalue weighted by Gasteiger charge is 2.35. The first-order valence-corrected chi connectivity index (χ1v) is 9.20. The number of amides is 1. The molecule has 1 aromatic carbocycles. The summed E-state index contributed by atoms with van der Waals surface area (Å²) in [6.07, 6.45) is 2.61. The topological polar surface area (TPSA) is 77.0 Å². The van der Waals surface area contributed by atoms with E-state index in [2.05, 4.69) is 15.5 Å². The molecule has 0 saturated carbocycles. The van der Waals surface area contributed by atoms with Gasteiger partial charge in [0.2, 0.25) is 5.91 Å². The summed E-state index contributed by atoms with van der Waals surface area (Å²) in [6.45, 7) is 7.11. The molecule has 0 bridgehead atoms. The van der Waals surface area contributed by atoms with E-state index in [0.29, 0.717) is 19.5 Å². The molecule has 27 heavy (non-hydrogen) atoms. The Hall–Kier alpha value is -2.96. The molecule has 140 valence electrons. The Morgan fingerprint density at radius 2 is 2.00 bits per heavy atom. The second-order valence-corrected chi connectivity index (χ2v) is 7.25. The highest BCUT2D eigenvalue weighted by molar-refractivity contribution is 5.79. The number of benzene rings is 1. The van der Waals surface area contributed by atoms with Crippen molar-refractivity contribution in [3.05, 3.63) is 53.5 Å². The van der Waals surface area contributed by atoms with Crippen LogP contribution in [0, 0.1) is 19.8 Å². The highest BCUT2D eigenvalue weighted by Crippen LogP contribution is 2.26. The molecule has 1 aliphatic rings. The van der Waals surface area contributed by atoms with E-state index in [1.165, 1.54) is 0 Å². The molecule has 1 amide bonds. The monoisotopic (exact) mass is 365 g/mol. The van der Waals surface area contributed by atoms with Crippen molar-refractivity contribution in [1.82, 2.24) is 25.1 Å². The van der Waals surface area contributed by atoms with Gasteiger partial charge in [-0.05, 0) is 20.3 Å². The molecular formula is C20H23N5O2. The third-order valence-electron chi connectivity index (χ3n) is 5.24. The molecule has 1 atom stereocenters. The maximum Gasteiger partial charge on any atom is 0.225 e. The van der Waals surface area contributed by atoms with Crippen molar-refractivity contribution in [2.45, 2.75) is 33.2 Å². The van der Waals surface area contributed by atoms with Gasteiger partial charge in [-0.25, -0.2) is 4.68 Å². The summed E-state index contributed by atoms with van der Waals surface area (Å²) < 4.78 is 7.06. The molecule has 7 nitrogen and oxygen atoms in total. The van der Waals surface area contributed by atoms with E-state index in [0.717, 1.165) is 28.3 Å². The average Bonchev–Trinajstić information content (AvgIpc) is 3.23. The lowest BCUT2D eigenvalue weighted by Crippen LogP contribution is -2.52. The lowest BCUT2D eigenvalue weighted by atomic mass is 9.96. The van der Waals surface area contributed by atoms with Crippen LogP contribution in [0.25, 0.3) is 11.3 Å². The minimum absolute atomic E-state index is 0.0987. The largest absolute Gasteiger partial charge is 0.361 e. The molecule has 0 spiro atoms. The van der Waals surface area contributed by atoms with E-state index in [4.69, 9.17) is 4.52 Å². The first-order chi connectivity index (χ1) is 13.0. The van der Waals surface area contributed by atoms with Crippen LogP contribution in [0.1, 0.15) is 30.0 Å². The second-order valence-electron chi connectivity index (χ2n) is 7.25. The lowest BCUT2D eigenvalue weighted by molar-refractivity contribution is -0.141. The van der Waals surface area contributed by atoms with Crippen molar-refractivity contribution in [2.24, 2.45) is 5.92 Å². The van der Waals surface area contributed by atoms with Gasteiger partial charge in [-0.3, -0.25) is 4.79 Å². The van der Waals surface area contributed by atoms with Crippen LogP contribution in [0.15, 0.2) is 41.1 Å². The van der Waals surface area contributed by atoms with Crippen LogP contribution in [0.2, 0.25) is 0 Å². The molecule has 0 N–H and O–H groups in total. The Morgan fingerprint density at radius 1 is 1.26 bits per heavy atom. The van der Waals surface area contributed by atoms with E-state index >= 15 is 0 Å². The Kier molecular flexibility index (Phi) is 4.51. The lowest BCUT2D eigenvalue weighted by Gasteiger charge is -2.40. The molecule has 1 saturated heterocycles. The van der Waals surface area contributed by atoms with Gasteiger partial charge in [0.1, 0.15) is 11.5 Å². The summed E-state index contributed by atoms with van der Waals surface area (Å²) in [4.78, 5) is 14.6. The number of aryl methyl sites for hydroxylation is 2. The quantitative estimate of drug-likeness (QED) is 0.695. The Morgan fingerprint density at radius 3 is 2.67 bits per heavy atom. The Labute approximate surface area is 158 Å². The highest BCUT2D eigenvalue weighted by atomic mass is 16.5. The summed E-state index contributed by atoms with van der Waals surface area (Å²) in [5.74, 6) is 0.859. The molecule has 4 rings (SSSR count). The smallest absolute Gasteiger partial charge is 0.225 e. The minimum Gasteiger partial charge on any atom is -0.361 e. The molecule has 1 aliphatic heterocycles. The number of hydrogen-bond acceptors (Lipinski definition) is 5. The van der Waals surface area contributed by atoms with Crippen molar-refractivity contribution < 1.29 is 9.32 Å². The van der Waals surface area contributed by atoms with E-state index < -0.39 is 0 Å². The van der Waals surface area contributed by atoms with Crippen LogP contribution in [-0.4, -0.2) is 44.0 Å². The maximum atomic E-state index is 12.7. The van der Waals surface area contributed by atoms with Gasteiger partial charge in [-0.2, -0.15) is 0 Å². The zero-order valence-electron chi connectivity index (χ0n) is 15.8. The minimum atomic E-state index is -0.0987. The molecular weight excluding hydrogens is 342 g/mol. The molecule has 2 aromatic heterocycles. The Balaban J connectivity index is 1.35. The molecule has 0 unspecified atom stereocenters. The van der Waals surface area contributed by atoms with Gasteiger partial charge in [0, 0.05) is 30.1 Å². The van der Waals surface area contributed by atoms with E-state index in [1.54, 1.807) is 0 Å². The number of carbonyl (C=O) groups is 1. The van der Waals surface area contributed by atoms with Crippen LogP contribution < -0.4 is 0 Å². The van der Waals surface area contributed by atoms with Gasteiger partial charge in [-0.1, -0.05) is 47.6 Å². The number of hydrogen-bond donors (Lipinski definition) is 0. The summed E-state index contributed by atoms with van der Waals surface area (Å²) in [7, 11) is 0. The molecule has 0 radical (unpaired) electrons. The van der Waals surface area contributed by atoms with Crippen molar-refractivity contribution >= 4 is 5.91 Å². The number of likely N-dealkylation sites (tertiary alicyclic amines) is 1. The standard InChI is InChI=1S/C20H23N5O2/c1-13(9-18-14(2)22-27-15(18)3)20(26)24-10-17(11-24)25-12-19(21-23-25)16-7-5-4-6-8-16/h4-8,12-13,17H,9-11H2,1-3H3/t13-/m0/s1.